The standard InChI is InChI=1S/C19H32N4O2/c1-22-14-17(13-21-22)12-16-8-10-23(15-16)19(24)20-9-11-25-18-6-4-2-3-5-7-18/h13-14,16,18H,2-12,15H2,1H3,(H,20,24)/t16-/m0/s1. The lowest BCUT2D eigenvalue weighted by molar-refractivity contribution is 0.0456. The maximum atomic E-state index is 12.3. The molecule has 0 unspecified atom stereocenters. The van der Waals surface area contributed by atoms with Gasteiger partial charge in [0.1, 0.15) is 0 Å². The molecule has 1 saturated heterocycles. The van der Waals surface area contributed by atoms with Crippen molar-refractivity contribution < 1.29 is 9.53 Å². The molecule has 25 heavy (non-hydrogen) atoms. The van der Waals surface area contributed by atoms with E-state index in [0.29, 0.717) is 25.2 Å². The zero-order valence-electron chi connectivity index (χ0n) is 15.5. The molecule has 1 saturated carbocycles. The zero-order chi connectivity index (χ0) is 17.5. The van der Waals surface area contributed by atoms with Gasteiger partial charge in [-0.2, -0.15) is 5.10 Å². The number of ether oxygens (including phenoxy) is 1. The highest BCUT2D eigenvalue weighted by Crippen LogP contribution is 2.21. The van der Waals surface area contributed by atoms with Crippen LogP contribution in [0.2, 0.25) is 0 Å². The lowest BCUT2D eigenvalue weighted by atomic mass is 10.0. The second kappa shape index (κ2) is 9.22. The predicted molar refractivity (Wildman–Crippen MR) is 97.4 cm³/mol. The van der Waals surface area contributed by atoms with Crippen molar-refractivity contribution in [2.24, 2.45) is 13.0 Å². The van der Waals surface area contributed by atoms with Crippen molar-refractivity contribution in [1.82, 2.24) is 20.0 Å². The quantitative estimate of drug-likeness (QED) is 0.635. The Kier molecular flexibility index (Phi) is 6.73. The minimum atomic E-state index is 0.0538. The molecule has 6 nitrogen and oxygen atoms in total. The Bertz CT molecular complexity index is 537. The van der Waals surface area contributed by atoms with Gasteiger partial charge >= 0.3 is 6.03 Å². The van der Waals surface area contributed by atoms with Crippen molar-refractivity contribution in [1.29, 1.82) is 0 Å². The number of hydrogen-bond donors (Lipinski definition) is 1. The highest BCUT2D eigenvalue weighted by atomic mass is 16.5. The number of aromatic nitrogens is 2. The molecule has 2 heterocycles. The summed E-state index contributed by atoms with van der Waals surface area (Å²) in [5.74, 6) is 0.539. The van der Waals surface area contributed by atoms with E-state index >= 15 is 0 Å². The van der Waals surface area contributed by atoms with E-state index in [-0.39, 0.29) is 6.03 Å². The molecule has 1 aliphatic carbocycles. The third-order valence-electron chi connectivity index (χ3n) is 5.39. The fourth-order valence-corrected chi connectivity index (χ4v) is 4.00. The minimum absolute atomic E-state index is 0.0538. The lowest BCUT2D eigenvalue weighted by Gasteiger charge is -2.19. The monoisotopic (exact) mass is 348 g/mol. The van der Waals surface area contributed by atoms with Crippen molar-refractivity contribution in [2.75, 3.05) is 26.2 Å². The Morgan fingerprint density at radius 3 is 2.80 bits per heavy atom. The number of hydrogen-bond acceptors (Lipinski definition) is 3. The van der Waals surface area contributed by atoms with E-state index in [2.05, 4.69) is 16.6 Å². The fourth-order valence-electron chi connectivity index (χ4n) is 4.00. The maximum absolute atomic E-state index is 12.3. The Labute approximate surface area is 150 Å². The number of nitrogens with one attached hydrogen (secondary N) is 1. The average molecular weight is 348 g/mol. The van der Waals surface area contributed by atoms with Gasteiger partial charge in [0.15, 0.2) is 0 Å². The molecule has 1 aliphatic heterocycles. The van der Waals surface area contributed by atoms with Crippen molar-refractivity contribution in [3.63, 3.8) is 0 Å². The zero-order valence-corrected chi connectivity index (χ0v) is 15.5. The van der Waals surface area contributed by atoms with Gasteiger partial charge in [-0.15, -0.1) is 0 Å². The smallest absolute Gasteiger partial charge is 0.317 e. The van der Waals surface area contributed by atoms with Gasteiger partial charge < -0.3 is 15.0 Å². The molecule has 140 valence electrons. The van der Waals surface area contributed by atoms with Crippen LogP contribution in [-0.2, 0) is 18.2 Å². The number of rotatable bonds is 6. The molecule has 0 aromatic carbocycles. The lowest BCUT2D eigenvalue weighted by Crippen LogP contribution is -2.40. The SMILES string of the molecule is Cn1cc(C[C@@H]2CCN(C(=O)NCCOC3CCCCCC3)C2)cn1. The van der Waals surface area contributed by atoms with Gasteiger partial charge in [0.05, 0.1) is 18.9 Å². The minimum Gasteiger partial charge on any atom is -0.376 e. The Morgan fingerprint density at radius 1 is 1.28 bits per heavy atom. The Balaban J connectivity index is 1.30. The molecule has 1 aromatic rings. The number of nitrogens with zero attached hydrogens (tertiary/aromatic N) is 3. The molecule has 6 heteroatoms. The number of carbonyl (C=O) groups excluding carboxylic acids is 1. The molecule has 1 aromatic heterocycles. The summed E-state index contributed by atoms with van der Waals surface area (Å²) in [4.78, 5) is 14.2. The van der Waals surface area contributed by atoms with Crippen LogP contribution in [0.25, 0.3) is 0 Å². The molecule has 0 spiro atoms. The van der Waals surface area contributed by atoms with Gasteiger partial charge in [-0.25, -0.2) is 4.79 Å². The van der Waals surface area contributed by atoms with Crippen LogP contribution in [0.1, 0.15) is 50.5 Å². The first-order valence-electron chi connectivity index (χ1n) is 9.82. The Hall–Kier alpha value is -1.56. The van der Waals surface area contributed by atoms with Crippen LogP contribution in [0, 0.1) is 5.92 Å². The number of amides is 2. The van der Waals surface area contributed by atoms with Crippen molar-refractivity contribution in [3.05, 3.63) is 18.0 Å². The first-order valence-corrected chi connectivity index (χ1v) is 9.82. The van der Waals surface area contributed by atoms with Gasteiger partial charge in [-0.1, -0.05) is 25.7 Å². The van der Waals surface area contributed by atoms with E-state index in [4.69, 9.17) is 4.74 Å². The Morgan fingerprint density at radius 2 is 2.08 bits per heavy atom. The van der Waals surface area contributed by atoms with Gasteiger partial charge in [-0.05, 0) is 37.2 Å². The van der Waals surface area contributed by atoms with Crippen LogP contribution in [0.3, 0.4) is 0 Å². The van der Waals surface area contributed by atoms with E-state index < -0.39 is 0 Å². The first-order chi connectivity index (χ1) is 12.2. The second-order valence-corrected chi connectivity index (χ2v) is 7.54. The average Bonchev–Trinajstić information content (AvgIpc) is 3.14. The molecule has 2 amide bonds. The highest BCUT2D eigenvalue weighted by molar-refractivity contribution is 5.74. The van der Waals surface area contributed by atoms with Crippen LogP contribution >= 0.6 is 0 Å². The number of carbonyl (C=O) groups is 1. The molecule has 3 rings (SSSR count). The number of likely N-dealkylation sites (tertiary alicyclic amines) is 1. The molecule has 0 radical (unpaired) electrons. The van der Waals surface area contributed by atoms with Crippen LogP contribution < -0.4 is 5.32 Å². The van der Waals surface area contributed by atoms with E-state index in [9.17, 15) is 4.79 Å². The van der Waals surface area contributed by atoms with Crippen LogP contribution in [-0.4, -0.2) is 53.1 Å². The summed E-state index contributed by atoms with van der Waals surface area (Å²) in [6, 6.07) is 0.0538. The van der Waals surface area contributed by atoms with Crippen LogP contribution in [0.15, 0.2) is 12.4 Å². The van der Waals surface area contributed by atoms with Gasteiger partial charge in [0, 0.05) is 32.9 Å². The molecule has 0 bridgehead atoms. The maximum Gasteiger partial charge on any atom is 0.317 e. The highest BCUT2D eigenvalue weighted by Gasteiger charge is 2.26. The summed E-state index contributed by atoms with van der Waals surface area (Å²) in [5, 5.41) is 7.23. The molecular weight excluding hydrogens is 316 g/mol. The van der Waals surface area contributed by atoms with E-state index in [1.807, 2.05) is 22.8 Å². The second-order valence-electron chi connectivity index (χ2n) is 7.54. The van der Waals surface area contributed by atoms with Crippen LogP contribution in [0.5, 0.6) is 0 Å². The van der Waals surface area contributed by atoms with Gasteiger partial charge in [0.2, 0.25) is 0 Å². The fraction of sp³-hybridized carbons (Fsp3) is 0.789. The molecular formula is C19H32N4O2. The van der Waals surface area contributed by atoms with Gasteiger partial charge in [0.25, 0.3) is 0 Å². The van der Waals surface area contributed by atoms with E-state index in [1.54, 1.807) is 0 Å². The third-order valence-corrected chi connectivity index (χ3v) is 5.39. The molecule has 2 aliphatic rings. The van der Waals surface area contributed by atoms with Gasteiger partial charge in [-0.3, -0.25) is 4.68 Å². The van der Waals surface area contributed by atoms with E-state index in [0.717, 1.165) is 25.9 Å². The van der Waals surface area contributed by atoms with Crippen molar-refractivity contribution >= 4 is 6.03 Å². The molecule has 2 fully saturated rings. The summed E-state index contributed by atoms with van der Waals surface area (Å²) >= 11 is 0. The van der Waals surface area contributed by atoms with Crippen molar-refractivity contribution in [2.45, 2.75) is 57.5 Å². The summed E-state index contributed by atoms with van der Waals surface area (Å²) in [6.07, 6.45) is 14.1. The first kappa shape index (κ1) is 18.2. The largest absolute Gasteiger partial charge is 0.376 e. The summed E-state index contributed by atoms with van der Waals surface area (Å²) < 4.78 is 7.77. The molecule has 1 atom stereocenters. The summed E-state index contributed by atoms with van der Waals surface area (Å²) in [6.45, 7) is 2.92. The van der Waals surface area contributed by atoms with E-state index in [1.165, 1.54) is 44.1 Å². The normalized spacial score (nSPS) is 22.1. The number of aryl methyl sites for hydroxylation is 1. The third kappa shape index (κ3) is 5.73. The topological polar surface area (TPSA) is 59.4 Å². The van der Waals surface area contributed by atoms with Crippen molar-refractivity contribution in [3.8, 4) is 0 Å². The predicted octanol–water partition coefficient (Wildman–Crippen LogP) is 2.73. The molecule has 1 N–H and O–H groups in total. The van der Waals surface area contributed by atoms with Crippen LogP contribution in [0.4, 0.5) is 4.79 Å². The number of urea groups is 1. The summed E-state index contributed by atoms with van der Waals surface area (Å²) in [7, 11) is 1.94. The summed E-state index contributed by atoms with van der Waals surface area (Å²) in [5.41, 5.74) is 1.26.